The summed E-state index contributed by atoms with van der Waals surface area (Å²) in [6.45, 7) is 3.55. The second-order valence-corrected chi connectivity index (χ2v) is 10.3. The average Bonchev–Trinajstić information content (AvgIpc) is 2.85. The Morgan fingerprint density at radius 2 is 1.42 bits per heavy atom. The highest BCUT2D eigenvalue weighted by Gasteiger charge is 2.74. The van der Waals surface area contributed by atoms with E-state index in [2.05, 4.69) is 5.23 Å². The Morgan fingerprint density at radius 3 is 1.84 bits per heavy atom. The Balaban J connectivity index is 2.93. The van der Waals surface area contributed by atoms with Crippen molar-refractivity contribution in [3.05, 3.63) is 58.2 Å². The molecule has 0 aliphatic heterocycles. The van der Waals surface area contributed by atoms with Gasteiger partial charge in [0.25, 0.3) is 5.87 Å². The number of carboxylic acids is 2. The van der Waals surface area contributed by atoms with Crippen molar-refractivity contribution in [2.75, 3.05) is 0 Å². The third-order valence-electron chi connectivity index (χ3n) is 6.68. The molecule has 0 saturated carbocycles. The van der Waals surface area contributed by atoms with Crippen molar-refractivity contribution in [1.29, 1.82) is 0 Å². The van der Waals surface area contributed by atoms with E-state index < -0.39 is 106 Å². The lowest BCUT2D eigenvalue weighted by Crippen LogP contribution is -2.59. The van der Waals surface area contributed by atoms with Crippen molar-refractivity contribution in [3.8, 4) is 0 Å². The van der Waals surface area contributed by atoms with E-state index in [0.29, 0.717) is 12.1 Å². The molecule has 0 aromatic heterocycles. The number of hydrogen-bond acceptors (Lipinski definition) is 6. The first-order valence-corrected chi connectivity index (χ1v) is 12.6. The van der Waals surface area contributed by atoms with Gasteiger partial charge in [-0.25, -0.2) is 9.59 Å². The number of ketones is 1. The minimum absolute atomic E-state index is 0.156. The quantitative estimate of drug-likeness (QED) is 0.137. The van der Waals surface area contributed by atoms with Gasteiger partial charge < -0.3 is 25.8 Å². The maximum Gasteiger partial charge on any atom is 0.471 e. The van der Waals surface area contributed by atoms with E-state index in [1.165, 1.54) is 27.7 Å². The highest BCUT2D eigenvalue weighted by Crippen LogP contribution is 2.59. The smallest absolute Gasteiger partial charge is 0.471 e. The van der Waals surface area contributed by atoms with E-state index in [4.69, 9.17) is 0 Å². The van der Waals surface area contributed by atoms with Crippen molar-refractivity contribution >= 4 is 36.5 Å². The SMILES string of the molecule is CC(C)NB(NC(=O)C1=CC(C(c2ccc(C(=O)O)c(C(=O)C(C)C)c2)(C(F)(F)F)C(F)(F)F)CC=C1C(=O)O)C(=O)O. The lowest BCUT2D eigenvalue weighted by atomic mass is 9.64. The fraction of sp³-hybridized carbons (Fsp3) is 0.423. The molecular formula is C26H27BF6N2O8. The number of halogens is 6. The van der Waals surface area contributed by atoms with Crippen molar-refractivity contribution < 1.29 is 65.6 Å². The monoisotopic (exact) mass is 620 g/mol. The zero-order valence-electron chi connectivity index (χ0n) is 23.1. The van der Waals surface area contributed by atoms with Crippen molar-refractivity contribution in [2.24, 2.45) is 11.8 Å². The molecule has 17 heteroatoms. The number of hydrogen-bond donors (Lipinski definition) is 5. The van der Waals surface area contributed by atoms with Crippen LogP contribution in [-0.4, -0.2) is 70.2 Å². The summed E-state index contributed by atoms with van der Waals surface area (Å²) in [6.07, 6.45) is -13.0. The Labute approximate surface area is 240 Å². The molecule has 0 bridgehead atoms. The molecule has 5 N–H and O–H groups in total. The molecule has 0 fully saturated rings. The first-order chi connectivity index (χ1) is 19.6. The number of amides is 1. The molecule has 1 amide bonds. The number of allylic oxidation sites excluding steroid dienone is 2. The topological polar surface area (TPSA) is 170 Å². The summed E-state index contributed by atoms with van der Waals surface area (Å²) >= 11 is 0. The molecule has 1 atom stereocenters. The molecule has 1 aromatic carbocycles. The fourth-order valence-corrected chi connectivity index (χ4v) is 4.75. The van der Waals surface area contributed by atoms with Crippen LogP contribution in [0.3, 0.4) is 0 Å². The minimum Gasteiger partial charge on any atom is -0.486 e. The second-order valence-electron chi connectivity index (χ2n) is 10.3. The average molecular weight is 620 g/mol. The van der Waals surface area contributed by atoms with Gasteiger partial charge in [0.2, 0.25) is 5.91 Å². The standard InChI is InChI=1S/C26H27BF6N2O8/c1-11(2)19(36)17-9-13(5-7-15(17)21(38)39)24(25(28,29)30,26(31,32)33)14-6-8-16(22(40)41)18(10-14)20(37)35-27(23(42)43)34-12(3)4/h5,7-12,14,34H,6H2,1-4H3,(H,35,37)(H,38,39)(H,40,41)(H,42,43). The van der Waals surface area contributed by atoms with Crippen LogP contribution < -0.4 is 10.5 Å². The first kappa shape index (κ1) is 35.1. The molecule has 0 spiro atoms. The van der Waals surface area contributed by atoms with Crippen LogP contribution in [0, 0.1) is 11.8 Å². The van der Waals surface area contributed by atoms with E-state index in [1.54, 1.807) is 0 Å². The van der Waals surface area contributed by atoms with Crippen LogP contribution >= 0.6 is 0 Å². The normalized spacial score (nSPS) is 16.0. The molecular weight excluding hydrogens is 593 g/mol. The van der Waals surface area contributed by atoms with E-state index in [0.717, 1.165) is 0 Å². The second kappa shape index (κ2) is 12.6. The molecule has 0 saturated heterocycles. The fourth-order valence-electron chi connectivity index (χ4n) is 4.75. The third-order valence-corrected chi connectivity index (χ3v) is 6.68. The van der Waals surface area contributed by atoms with Gasteiger partial charge in [-0.05, 0) is 30.2 Å². The lowest BCUT2D eigenvalue weighted by molar-refractivity contribution is -0.314. The first-order valence-electron chi connectivity index (χ1n) is 12.6. The number of Topliss-reactive ketones (excluding diaryl/α,β-unsaturated/α-hetero) is 1. The van der Waals surface area contributed by atoms with Gasteiger partial charge >= 0.3 is 31.3 Å². The highest BCUT2D eigenvalue weighted by atomic mass is 19.4. The van der Waals surface area contributed by atoms with Crippen LogP contribution in [-0.2, 0) is 15.0 Å². The van der Waals surface area contributed by atoms with Crippen LogP contribution in [0.2, 0.25) is 0 Å². The lowest BCUT2D eigenvalue weighted by Gasteiger charge is -2.43. The van der Waals surface area contributed by atoms with Gasteiger partial charge in [-0.1, -0.05) is 45.9 Å². The Kier molecular flexibility index (Phi) is 10.3. The van der Waals surface area contributed by atoms with Crippen molar-refractivity contribution in [1.82, 2.24) is 10.5 Å². The van der Waals surface area contributed by atoms with Crippen molar-refractivity contribution in [2.45, 2.75) is 57.9 Å². The molecule has 1 aliphatic rings. The van der Waals surface area contributed by atoms with E-state index in [9.17, 15) is 65.6 Å². The van der Waals surface area contributed by atoms with E-state index in [-0.39, 0.29) is 18.2 Å². The summed E-state index contributed by atoms with van der Waals surface area (Å²) in [5.74, 6) is -11.8. The molecule has 1 unspecified atom stereocenters. The number of nitrogens with one attached hydrogen (secondary N) is 2. The minimum atomic E-state index is -6.20. The molecule has 10 nitrogen and oxygen atoms in total. The van der Waals surface area contributed by atoms with E-state index >= 15 is 0 Å². The van der Waals surface area contributed by atoms with Gasteiger partial charge in [-0.15, -0.1) is 0 Å². The molecule has 1 aromatic rings. The van der Waals surface area contributed by atoms with Crippen LogP contribution in [0.4, 0.5) is 31.1 Å². The molecule has 43 heavy (non-hydrogen) atoms. The maximum absolute atomic E-state index is 14.9. The van der Waals surface area contributed by atoms with Gasteiger partial charge in [-0.3, -0.25) is 14.4 Å². The molecule has 0 radical (unpaired) electrons. The zero-order chi connectivity index (χ0) is 33.2. The van der Waals surface area contributed by atoms with Crippen LogP contribution in [0.15, 0.2) is 41.5 Å². The number of carboxylic acid groups (broad SMARTS) is 3. The maximum atomic E-state index is 14.9. The Morgan fingerprint density at radius 1 is 0.860 bits per heavy atom. The summed E-state index contributed by atoms with van der Waals surface area (Å²) in [7, 11) is 0. The van der Waals surface area contributed by atoms with Gasteiger partial charge in [0.15, 0.2) is 11.2 Å². The number of aliphatic carboxylic acids is 1. The number of aromatic carboxylic acids is 1. The highest BCUT2D eigenvalue weighted by molar-refractivity contribution is 6.86. The third kappa shape index (κ3) is 6.92. The van der Waals surface area contributed by atoms with E-state index in [1.807, 2.05) is 5.23 Å². The van der Waals surface area contributed by atoms with Gasteiger partial charge in [0.1, 0.15) is 0 Å². The zero-order valence-corrected chi connectivity index (χ0v) is 23.1. The van der Waals surface area contributed by atoms with Crippen LogP contribution in [0.1, 0.15) is 60.4 Å². The van der Waals surface area contributed by atoms with Gasteiger partial charge in [0, 0.05) is 23.0 Å². The predicted molar refractivity (Wildman–Crippen MR) is 138 cm³/mol. The number of alkyl halides is 6. The predicted octanol–water partition coefficient (Wildman–Crippen LogP) is 4.41. The summed E-state index contributed by atoms with van der Waals surface area (Å²) in [4.78, 5) is 60.7. The number of carbonyl (C=O) groups is 5. The molecule has 1 aliphatic carbocycles. The van der Waals surface area contributed by atoms with Gasteiger partial charge in [0.05, 0.1) is 11.1 Å². The molecule has 2 rings (SSSR count). The van der Waals surface area contributed by atoms with Crippen LogP contribution in [0.25, 0.3) is 0 Å². The molecule has 234 valence electrons. The molecule has 0 heterocycles. The van der Waals surface area contributed by atoms with Crippen LogP contribution in [0.5, 0.6) is 0 Å². The summed E-state index contributed by atoms with van der Waals surface area (Å²) < 4.78 is 89.2. The van der Waals surface area contributed by atoms with Crippen molar-refractivity contribution in [3.63, 3.8) is 0 Å². The Bertz CT molecular complexity index is 1370. The summed E-state index contributed by atoms with van der Waals surface area (Å²) in [5, 5.41) is 32.6. The number of rotatable bonds is 11. The largest absolute Gasteiger partial charge is 0.486 e. The summed E-state index contributed by atoms with van der Waals surface area (Å²) in [5.41, 5.74) is -10.3. The Hall–Kier alpha value is -4.15. The number of benzene rings is 1. The number of carbonyl (C=O) groups excluding carboxylic acids is 2. The summed E-state index contributed by atoms with van der Waals surface area (Å²) in [6, 6.07) is 0.318. The van der Waals surface area contributed by atoms with Gasteiger partial charge in [-0.2, -0.15) is 26.3 Å².